The highest BCUT2D eigenvalue weighted by atomic mass is 32.1. The van der Waals surface area contributed by atoms with Gasteiger partial charge in [0, 0.05) is 11.1 Å². The summed E-state index contributed by atoms with van der Waals surface area (Å²) in [5.74, 6) is -1.56. The van der Waals surface area contributed by atoms with Gasteiger partial charge in [0.05, 0.1) is 30.0 Å². The summed E-state index contributed by atoms with van der Waals surface area (Å²) in [7, 11) is 3.04. The summed E-state index contributed by atoms with van der Waals surface area (Å²) in [5, 5.41) is 11.4. The van der Waals surface area contributed by atoms with Crippen LogP contribution in [0.5, 0.6) is 11.5 Å². The molecule has 2 heterocycles. The molecule has 0 aliphatic carbocycles. The number of halogens is 1. The number of aliphatic hydroxyl groups is 1. The molecule has 1 fully saturated rings. The molecule has 1 aliphatic rings. The van der Waals surface area contributed by atoms with Crippen molar-refractivity contribution in [2.75, 3.05) is 19.1 Å². The Morgan fingerprint density at radius 1 is 1.03 bits per heavy atom. The predicted octanol–water partition coefficient (Wildman–Crippen LogP) is 5.08. The van der Waals surface area contributed by atoms with Gasteiger partial charge >= 0.3 is 5.91 Å². The number of Topliss-reactive ketones (excluding diaryl/α,β-unsaturated/α-hetero) is 1. The highest BCUT2D eigenvalue weighted by Crippen LogP contribution is 2.46. The molecule has 1 aliphatic heterocycles. The van der Waals surface area contributed by atoms with E-state index in [4.69, 9.17) is 9.47 Å². The number of carbonyl (C=O) groups excluding carboxylic acids is 2. The summed E-state index contributed by atoms with van der Waals surface area (Å²) in [6.07, 6.45) is 0. The maximum absolute atomic E-state index is 13.5. The van der Waals surface area contributed by atoms with Crippen LogP contribution < -0.4 is 14.4 Å². The van der Waals surface area contributed by atoms with Crippen LogP contribution in [0.25, 0.3) is 16.0 Å². The number of ether oxygens (including phenoxy) is 2. The number of thiazole rings is 1. The number of anilines is 1. The minimum atomic E-state index is -1.02. The van der Waals surface area contributed by atoms with E-state index in [1.807, 2.05) is 0 Å². The van der Waals surface area contributed by atoms with Gasteiger partial charge in [-0.2, -0.15) is 0 Å². The van der Waals surface area contributed by atoms with Gasteiger partial charge in [-0.15, -0.1) is 0 Å². The van der Waals surface area contributed by atoms with E-state index in [1.54, 1.807) is 49.6 Å². The first kappa shape index (κ1) is 22.5. The van der Waals surface area contributed by atoms with E-state index in [1.165, 1.54) is 47.6 Å². The summed E-state index contributed by atoms with van der Waals surface area (Å²) in [6, 6.07) is 16.3. The van der Waals surface area contributed by atoms with Crippen LogP contribution in [-0.4, -0.2) is 36.0 Å². The van der Waals surface area contributed by atoms with E-state index >= 15 is 0 Å². The number of nitrogens with zero attached hydrogens (tertiary/aromatic N) is 2. The van der Waals surface area contributed by atoms with Crippen molar-refractivity contribution in [2.24, 2.45) is 0 Å². The van der Waals surface area contributed by atoms with Crippen molar-refractivity contribution in [3.8, 4) is 11.5 Å². The van der Waals surface area contributed by atoms with Crippen molar-refractivity contribution in [1.82, 2.24) is 4.98 Å². The van der Waals surface area contributed by atoms with Crippen LogP contribution >= 0.6 is 11.3 Å². The number of aliphatic hydroxyl groups excluding tert-OH is 1. The molecule has 176 valence electrons. The summed E-state index contributed by atoms with van der Waals surface area (Å²) >= 11 is 1.22. The number of rotatable bonds is 5. The number of hydrogen-bond donors (Lipinski definition) is 1. The molecule has 4 aromatic rings. The average Bonchev–Trinajstić information content (AvgIpc) is 3.41. The molecule has 1 unspecified atom stereocenters. The largest absolute Gasteiger partial charge is 0.507 e. The van der Waals surface area contributed by atoms with Crippen molar-refractivity contribution in [1.29, 1.82) is 0 Å². The van der Waals surface area contributed by atoms with Gasteiger partial charge in [0.1, 0.15) is 29.1 Å². The average molecular weight is 491 g/mol. The van der Waals surface area contributed by atoms with Crippen LogP contribution in [-0.2, 0) is 9.59 Å². The molecule has 0 spiro atoms. The Labute approximate surface area is 203 Å². The molecular weight excluding hydrogens is 471 g/mol. The first-order valence-electron chi connectivity index (χ1n) is 10.6. The lowest BCUT2D eigenvalue weighted by Crippen LogP contribution is -2.29. The SMILES string of the molecule is COc1ccc2nc(N3C(=O)C(=O)C(=C(O)c4ccc(F)cc4)C3c3ccccc3OC)sc2c1. The summed E-state index contributed by atoms with van der Waals surface area (Å²) in [4.78, 5) is 32.5. The molecule has 0 saturated carbocycles. The Morgan fingerprint density at radius 3 is 2.49 bits per heavy atom. The van der Waals surface area contributed by atoms with Crippen molar-refractivity contribution in [3.63, 3.8) is 0 Å². The number of carbonyl (C=O) groups is 2. The first-order valence-corrected chi connectivity index (χ1v) is 11.4. The lowest BCUT2D eigenvalue weighted by Gasteiger charge is -2.24. The smallest absolute Gasteiger partial charge is 0.301 e. The highest BCUT2D eigenvalue weighted by molar-refractivity contribution is 7.22. The minimum absolute atomic E-state index is 0.136. The van der Waals surface area contributed by atoms with Crippen LogP contribution in [0.3, 0.4) is 0 Å². The van der Waals surface area contributed by atoms with Gasteiger partial charge in [0.25, 0.3) is 5.78 Å². The normalized spacial score (nSPS) is 17.2. The van der Waals surface area contributed by atoms with Gasteiger partial charge in [-0.05, 0) is 48.5 Å². The molecule has 3 aromatic carbocycles. The molecule has 1 amide bonds. The van der Waals surface area contributed by atoms with Gasteiger partial charge in [0.2, 0.25) is 0 Å². The van der Waals surface area contributed by atoms with E-state index in [0.717, 1.165) is 4.70 Å². The molecule has 9 heteroatoms. The fraction of sp³-hybridized carbons (Fsp3) is 0.115. The first-order chi connectivity index (χ1) is 16.9. The molecule has 7 nitrogen and oxygen atoms in total. The van der Waals surface area contributed by atoms with E-state index < -0.39 is 29.3 Å². The van der Waals surface area contributed by atoms with E-state index in [0.29, 0.717) is 22.6 Å². The lowest BCUT2D eigenvalue weighted by molar-refractivity contribution is -0.132. The van der Waals surface area contributed by atoms with E-state index in [2.05, 4.69) is 4.98 Å². The van der Waals surface area contributed by atoms with E-state index in [9.17, 15) is 19.1 Å². The maximum atomic E-state index is 13.5. The van der Waals surface area contributed by atoms with Gasteiger partial charge in [0.15, 0.2) is 5.13 Å². The van der Waals surface area contributed by atoms with Gasteiger partial charge in [-0.25, -0.2) is 9.37 Å². The Hall–Kier alpha value is -4.24. The molecule has 0 radical (unpaired) electrons. The third-order valence-electron chi connectivity index (χ3n) is 5.79. The minimum Gasteiger partial charge on any atom is -0.507 e. The lowest BCUT2D eigenvalue weighted by atomic mass is 9.94. The predicted molar refractivity (Wildman–Crippen MR) is 130 cm³/mol. The van der Waals surface area contributed by atoms with Crippen molar-refractivity contribution in [3.05, 3.63) is 89.2 Å². The molecular formula is C26H19FN2O5S. The van der Waals surface area contributed by atoms with Crippen molar-refractivity contribution < 1.29 is 28.6 Å². The second kappa shape index (κ2) is 8.84. The zero-order chi connectivity index (χ0) is 24.7. The number of aromatic nitrogens is 1. The Kier molecular flexibility index (Phi) is 5.70. The van der Waals surface area contributed by atoms with E-state index in [-0.39, 0.29) is 16.3 Å². The molecule has 0 bridgehead atoms. The molecule has 1 N–H and O–H groups in total. The molecule has 1 atom stereocenters. The zero-order valence-electron chi connectivity index (χ0n) is 18.7. The number of amides is 1. The Balaban J connectivity index is 1.74. The number of methoxy groups -OCH3 is 2. The van der Waals surface area contributed by atoms with Crippen LogP contribution in [0.1, 0.15) is 17.2 Å². The second-order valence-electron chi connectivity index (χ2n) is 7.75. The third-order valence-corrected chi connectivity index (χ3v) is 6.80. The van der Waals surface area contributed by atoms with Gasteiger partial charge < -0.3 is 14.6 Å². The molecule has 1 aromatic heterocycles. The number of para-hydroxylation sites is 1. The zero-order valence-corrected chi connectivity index (χ0v) is 19.5. The summed E-state index contributed by atoms with van der Waals surface area (Å²) < 4.78 is 25.0. The van der Waals surface area contributed by atoms with Crippen LogP contribution in [0, 0.1) is 5.82 Å². The molecule has 35 heavy (non-hydrogen) atoms. The number of ketones is 1. The fourth-order valence-electron chi connectivity index (χ4n) is 4.10. The number of fused-ring (bicyclic) bond motifs is 1. The maximum Gasteiger partial charge on any atom is 0.301 e. The number of benzene rings is 3. The quantitative estimate of drug-likeness (QED) is 0.239. The molecule has 1 saturated heterocycles. The van der Waals surface area contributed by atoms with Crippen LogP contribution in [0.2, 0.25) is 0 Å². The topological polar surface area (TPSA) is 89.0 Å². The number of hydrogen-bond acceptors (Lipinski definition) is 7. The summed E-state index contributed by atoms with van der Waals surface area (Å²) in [5.41, 5.74) is 1.20. The van der Waals surface area contributed by atoms with Crippen LogP contribution in [0.15, 0.2) is 72.3 Å². The Bertz CT molecular complexity index is 1500. The second-order valence-corrected chi connectivity index (χ2v) is 8.76. The van der Waals surface area contributed by atoms with Crippen molar-refractivity contribution >= 4 is 44.1 Å². The monoisotopic (exact) mass is 490 g/mol. The molecule has 5 rings (SSSR count). The Morgan fingerprint density at radius 2 is 1.77 bits per heavy atom. The van der Waals surface area contributed by atoms with Gasteiger partial charge in [-0.3, -0.25) is 14.5 Å². The van der Waals surface area contributed by atoms with Crippen molar-refractivity contribution in [2.45, 2.75) is 6.04 Å². The van der Waals surface area contributed by atoms with Crippen LogP contribution in [0.4, 0.5) is 9.52 Å². The highest BCUT2D eigenvalue weighted by Gasteiger charge is 2.49. The standard InChI is InChI=1S/C26H19FN2O5S/c1-33-16-11-12-18-20(13-16)35-26(28-18)29-22(17-5-3-4-6-19(17)34-2)21(24(31)25(29)32)23(30)14-7-9-15(27)10-8-14/h3-13,22,30H,1-2H3. The summed E-state index contributed by atoms with van der Waals surface area (Å²) in [6.45, 7) is 0. The fourth-order valence-corrected chi connectivity index (χ4v) is 5.12. The van der Waals surface area contributed by atoms with Gasteiger partial charge in [-0.1, -0.05) is 29.5 Å². The third kappa shape index (κ3) is 3.79.